The Morgan fingerprint density at radius 2 is 1.83 bits per heavy atom. The molecule has 2 fully saturated rings. The molecule has 6 nitrogen and oxygen atoms in total. The van der Waals surface area contributed by atoms with E-state index in [0.29, 0.717) is 24.0 Å². The molecule has 4 unspecified atom stereocenters. The van der Waals surface area contributed by atoms with Gasteiger partial charge in [-0.05, 0) is 87.6 Å². The first-order chi connectivity index (χ1) is 23.0. The number of halogens is 3. The Balaban J connectivity index is 1.30. The van der Waals surface area contributed by atoms with Crippen molar-refractivity contribution < 1.29 is 27.8 Å². The third-order valence-electron chi connectivity index (χ3n) is 10.1. The zero-order chi connectivity index (χ0) is 34.4. The molecular weight excluding hydrogens is 635 g/mol. The van der Waals surface area contributed by atoms with Crippen molar-refractivity contribution in [1.82, 2.24) is 14.7 Å². The van der Waals surface area contributed by atoms with Crippen LogP contribution in [0.3, 0.4) is 0 Å². The highest BCUT2D eigenvalue weighted by Crippen LogP contribution is 2.44. The fourth-order valence-electron chi connectivity index (χ4n) is 7.10. The lowest BCUT2D eigenvalue weighted by atomic mass is 9.79. The molecule has 48 heavy (non-hydrogen) atoms. The summed E-state index contributed by atoms with van der Waals surface area (Å²) in [4.78, 5) is 14.3. The van der Waals surface area contributed by atoms with Crippen molar-refractivity contribution in [3.8, 4) is 5.75 Å². The first kappa shape index (κ1) is 35.9. The molecular formula is C38H48F3N3O3S. The van der Waals surface area contributed by atoms with E-state index in [9.17, 15) is 23.1 Å². The minimum atomic E-state index is -4.89. The van der Waals surface area contributed by atoms with Crippen molar-refractivity contribution >= 4 is 22.3 Å². The summed E-state index contributed by atoms with van der Waals surface area (Å²) in [5.41, 5.74) is 0.968. The van der Waals surface area contributed by atoms with Gasteiger partial charge in [-0.3, -0.25) is 4.68 Å². The van der Waals surface area contributed by atoms with Crippen molar-refractivity contribution in [3.63, 3.8) is 0 Å². The molecule has 0 bridgehead atoms. The monoisotopic (exact) mass is 683 g/mol. The minimum absolute atomic E-state index is 0.0934. The third-order valence-corrected chi connectivity index (χ3v) is 12.0. The summed E-state index contributed by atoms with van der Waals surface area (Å²) in [5.74, 6) is 3.76. The van der Waals surface area contributed by atoms with Crippen molar-refractivity contribution in [3.05, 3.63) is 94.2 Å². The summed E-state index contributed by atoms with van der Waals surface area (Å²) in [6, 6.07) is 6.82. The van der Waals surface area contributed by atoms with Gasteiger partial charge < -0.3 is 14.7 Å². The lowest BCUT2D eigenvalue weighted by molar-refractivity contribution is -0.145. The molecule has 2 heterocycles. The number of aromatic nitrogens is 2. The maximum atomic E-state index is 14.2. The molecule has 1 N–H and O–H groups in total. The quantitative estimate of drug-likeness (QED) is 0.179. The second kappa shape index (κ2) is 15.9. The first-order valence-electron chi connectivity index (χ1n) is 17.0. The number of nitrogens with zero attached hydrogens (tertiary/aromatic N) is 3. The average molecular weight is 684 g/mol. The topological polar surface area (TPSA) is 67.6 Å². The van der Waals surface area contributed by atoms with Gasteiger partial charge in [0.25, 0.3) is 0 Å². The van der Waals surface area contributed by atoms with Crippen LogP contribution in [0.15, 0.2) is 77.4 Å². The molecule has 1 saturated heterocycles. The molecule has 0 amide bonds. The Labute approximate surface area is 285 Å². The van der Waals surface area contributed by atoms with Gasteiger partial charge in [-0.1, -0.05) is 73.7 Å². The molecule has 1 saturated carbocycles. The van der Waals surface area contributed by atoms with Gasteiger partial charge in [-0.2, -0.15) is 28.8 Å². The van der Waals surface area contributed by atoms with Crippen LogP contribution in [-0.2, 0) is 6.18 Å². The number of hydrogen-bond acceptors (Lipinski definition) is 4. The Morgan fingerprint density at radius 3 is 2.46 bits per heavy atom. The van der Waals surface area contributed by atoms with Crippen LogP contribution >= 0.6 is 10.5 Å². The zero-order valence-corrected chi connectivity index (χ0v) is 29.0. The number of piperidine rings is 1. The third kappa shape index (κ3) is 8.43. The lowest BCUT2D eigenvalue weighted by Crippen LogP contribution is -2.39. The molecule has 1 aliphatic heterocycles. The molecule has 3 aliphatic rings. The first-order valence-corrected chi connectivity index (χ1v) is 18.5. The molecule has 0 radical (unpaired) electrons. The summed E-state index contributed by atoms with van der Waals surface area (Å²) in [7, 11) is -0.0934. The molecule has 5 rings (SSSR count). The van der Waals surface area contributed by atoms with Crippen LogP contribution in [0.5, 0.6) is 5.75 Å². The predicted octanol–water partition coefficient (Wildman–Crippen LogP) is 9.27. The molecule has 10 heteroatoms. The Kier molecular flexibility index (Phi) is 11.9. The van der Waals surface area contributed by atoms with Crippen molar-refractivity contribution in [2.45, 2.75) is 82.7 Å². The fraction of sp³-hybridized carbons (Fsp3) is 0.500. The van der Waals surface area contributed by atoms with Crippen LogP contribution in [0.25, 0.3) is 0 Å². The van der Waals surface area contributed by atoms with Crippen LogP contribution in [0.1, 0.15) is 92.9 Å². The van der Waals surface area contributed by atoms with Crippen molar-refractivity contribution in [2.75, 3.05) is 26.2 Å². The van der Waals surface area contributed by atoms with E-state index in [0.717, 1.165) is 46.6 Å². The average Bonchev–Trinajstić information content (AvgIpc) is 3.39. The van der Waals surface area contributed by atoms with Gasteiger partial charge in [-0.25, -0.2) is 4.79 Å². The maximum absolute atomic E-state index is 14.2. The summed E-state index contributed by atoms with van der Waals surface area (Å²) in [6.07, 6.45) is 12.3. The van der Waals surface area contributed by atoms with Gasteiger partial charge in [0, 0.05) is 23.3 Å². The zero-order valence-electron chi connectivity index (χ0n) is 28.2. The number of benzene rings is 1. The second-order valence-corrected chi connectivity index (χ2v) is 15.3. The number of para-hydroxylation sites is 1. The van der Waals surface area contributed by atoms with E-state index in [2.05, 4.69) is 41.2 Å². The molecule has 1 aromatic heterocycles. The number of hydrogen-bond donors (Lipinski definition) is 1. The largest absolute Gasteiger partial charge is 0.489 e. The molecule has 2 aromatic rings. The van der Waals surface area contributed by atoms with E-state index < -0.39 is 29.4 Å². The number of alkyl halides is 3. The van der Waals surface area contributed by atoms with E-state index in [1.165, 1.54) is 38.6 Å². The van der Waals surface area contributed by atoms with E-state index in [1.54, 1.807) is 12.2 Å². The van der Waals surface area contributed by atoms with Gasteiger partial charge in [0.1, 0.15) is 17.9 Å². The number of ether oxygens (including phenoxy) is 1. The van der Waals surface area contributed by atoms with Crippen LogP contribution < -0.4 is 4.74 Å². The number of aromatic carboxylic acids is 1. The summed E-state index contributed by atoms with van der Waals surface area (Å²) in [5, 5.41) is 16.3. The standard InChI is InChI=1S/C38H48F3N3O3S/c1-5-30-31(13-6-8-15-34(30)44-36(38(39,40)41)33(23-42-44)37(45)46)32-14-7-9-16-35(32)47-25-28(26(2)3)19-22-48(4)29-17-20-43(21-18-29)24-27-11-10-12-27/h6-9,13-16,19,22-23,27,29-31,34H,4-5,10-12,17-18,20-21,24-25H2,1-3H3,(H,45,46). The van der Waals surface area contributed by atoms with Gasteiger partial charge in [-0.15, -0.1) is 0 Å². The second-order valence-electron chi connectivity index (χ2n) is 13.4. The van der Waals surface area contributed by atoms with E-state index in [1.807, 2.05) is 43.3 Å². The van der Waals surface area contributed by atoms with Crippen LogP contribution in [0.4, 0.5) is 13.2 Å². The Hall–Kier alpha value is -3.37. The fourth-order valence-corrected chi connectivity index (χ4v) is 8.48. The number of rotatable bonds is 12. The highest BCUT2D eigenvalue weighted by atomic mass is 32.2. The van der Waals surface area contributed by atoms with Gasteiger partial charge >= 0.3 is 12.1 Å². The molecule has 1 aromatic carbocycles. The van der Waals surface area contributed by atoms with E-state index >= 15 is 0 Å². The number of allylic oxidation sites excluding steroid dienone is 5. The SMILES string of the molecule is C=S(C=CC(COc1ccccc1C1C=CC=CC(n2ncc(C(=O)O)c2C(F)(F)F)C1CC)=C(C)C)C1CCN(CC2CCC2)CC1. The summed E-state index contributed by atoms with van der Waals surface area (Å²) in [6.45, 7) is 9.99. The van der Waals surface area contributed by atoms with Crippen LogP contribution in [0, 0.1) is 11.8 Å². The molecule has 4 atom stereocenters. The van der Waals surface area contributed by atoms with Crippen molar-refractivity contribution in [2.24, 2.45) is 11.8 Å². The van der Waals surface area contributed by atoms with Crippen LogP contribution in [0.2, 0.25) is 0 Å². The maximum Gasteiger partial charge on any atom is 0.433 e. The Morgan fingerprint density at radius 1 is 1.12 bits per heavy atom. The molecule has 260 valence electrons. The minimum Gasteiger partial charge on any atom is -0.489 e. The Bertz CT molecular complexity index is 1570. The van der Waals surface area contributed by atoms with Crippen LogP contribution in [-0.4, -0.2) is 63.1 Å². The highest BCUT2D eigenvalue weighted by molar-refractivity contribution is 8.17. The molecule has 2 aliphatic carbocycles. The van der Waals surface area contributed by atoms with E-state index in [4.69, 9.17) is 4.74 Å². The predicted molar refractivity (Wildman–Crippen MR) is 189 cm³/mol. The summed E-state index contributed by atoms with van der Waals surface area (Å²) >= 11 is 0. The normalized spacial score (nSPS) is 23.2. The smallest absolute Gasteiger partial charge is 0.433 e. The lowest BCUT2D eigenvalue weighted by Gasteiger charge is -2.37. The summed E-state index contributed by atoms with van der Waals surface area (Å²) < 4.78 is 49.9. The number of likely N-dealkylation sites (tertiary alicyclic amines) is 1. The number of carbonyl (C=O) groups is 1. The number of carboxylic acid groups (broad SMARTS) is 1. The van der Waals surface area contributed by atoms with E-state index in [-0.39, 0.29) is 22.3 Å². The highest BCUT2D eigenvalue weighted by Gasteiger charge is 2.43. The van der Waals surface area contributed by atoms with Gasteiger partial charge in [0.05, 0.1) is 12.2 Å². The number of carboxylic acids is 1. The van der Waals surface area contributed by atoms with Gasteiger partial charge in [0.15, 0.2) is 5.69 Å². The van der Waals surface area contributed by atoms with Crippen molar-refractivity contribution in [1.29, 1.82) is 0 Å². The van der Waals surface area contributed by atoms with Gasteiger partial charge in [0.2, 0.25) is 0 Å². The molecule has 0 spiro atoms.